The monoisotopic (exact) mass is 838 g/mol. The topological polar surface area (TPSA) is 155 Å². The number of fused-ring (bicyclic) bond motifs is 3. The summed E-state index contributed by atoms with van der Waals surface area (Å²) in [5.41, 5.74) is 2.68. The standard InChI is InChI=1S/C48H58N2O11/c1-7-22-58-48-43(50(5)46(54)31-14-17-41-42(25-31)57-29-56-41)27-38(49-61-47(2,3)4)36-24-30(12-8-10-20-51)35(13-9-11-21-52)44(45(36)48)37-26-34(16-19-40(37)60-48)59-33-15-18-39(55-6)32(23-33)28-53/h7,14-19,23-26,28,30,35,43-45,51-52H,1,8-13,20-22,27,29H2,2-6H3. The molecule has 2 heterocycles. The molecule has 1 amide bonds. The molecule has 1 fully saturated rings. The number of allylic oxidation sites excluding steroid dienone is 1. The third-order valence-electron chi connectivity index (χ3n) is 12.0. The lowest BCUT2D eigenvalue weighted by Gasteiger charge is -2.59. The normalized spacial score (nSPS) is 24.1. The van der Waals surface area contributed by atoms with Crippen molar-refractivity contribution in [1.82, 2.24) is 4.90 Å². The van der Waals surface area contributed by atoms with E-state index in [0.29, 0.717) is 64.2 Å². The Hall–Kier alpha value is -5.37. The molecule has 0 radical (unpaired) electrons. The fourth-order valence-corrected chi connectivity index (χ4v) is 9.36. The van der Waals surface area contributed by atoms with E-state index >= 15 is 0 Å². The van der Waals surface area contributed by atoms with Gasteiger partial charge in [0.25, 0.3) is 5.91 Å². The summed E-state index contributed by atoms with van der Waals surface area (Å²) in [5, 5.41) is 24.7. The number of ether oxygens (including phenoxy) is 6. The zero-order chi connectivity index (χ0) is 43.3. The number of nitrogens with zero attached hydrogens (tertiary/aromatic N) is 2. The number of oxime groups is 1. The number of hydrogen-bond acceptors (Lipinski definition) is 12. The van der Waals surface area contributed by atoms with Crippen molar-refractivity contribution in [3.63, 3.8) is 0 Å². The lowest BCUT2D eigenvalue weighted by atomic mass is 9.55. The summed E-state index contributed by atoms with van der Waals surface area (Å²) < 4.78 is 37.3. The van der Waals surface area contributed by atoms with E-state index in [0.717, 1.165) is 43.1 Å². The molecule has 7 rings (SSSR count). The van der Waals surface area contributed by atoms with Crippen molar-refractivity contribution in [3.8, 4) is 34.5 Å². The van der Waals surface area contributed by atoms with Crippen molar-refractivity contribution in [2.45, 2.75) is 89.1 Å². The number of amides is 1. The van der Waals surface area contributed by atoms with Crippen LogP contribution < -0.4 is 23.7 Å². The van der Waals surface area contributed by atoms with Gasteiger partial charge in [-0.25, -0.2) is 0 Å². The summed E-state index contributed by atoms with van der Waals surface area (Å²) in [6.07, 6.45) is 9.44. The molecule has 2 aliphatic carbocycles. The molecular formula is C48H58N2O11. The van der Waals surface area contributed by atoms with Gasteiger partial charge in [-0.05, 0) is 118 Å². The zero-order valence-electron chi connectivity index (χ0n) is 35.8. The largest absolute Gasteiger partial charge is 0.496 e. The molecule has 6 atom stereocenters. The average Bonchev–Trinajstić information content (AvgIpc) is 3.73. The van der Waals surface area contributed by atoms with Crippen LogP contribution >= 0.6 is 0 Å². The number of benzene rings is 3. The van der Waals surface area contributed by atoms with Gasteiger partial charge in [0.2, 0.25) is 12.6 Å². The van der Waals surface area contributed by atoms with E-state index in [9.17, 15) is 19.8 Å². The first-order valence-corrected chi connectivity index (χ1v) is 21.2. The van der Waals surface area contributed by atoms with Gasteiger partial charge < -0.3 is 48.4 Å². The van der Waals surface area contributed by atoms with E-state index in [4.69, 9.17) is 38.4 Å². The Morgan fingerprint density at radius 1 is 0.967 bits per heavy atom. The van der Waals surface area contributed by atoms with Crippen LogP contribution in [0.5, 0.6) is 34.5 Å². The Kier molecular flexibility index (Phi) is 13.4. The molecule has 2 aliphatic heterocycles. The second-order valence-corrected chi connectivity index (χ2v) is 17.1. The average molecular weight is 839 g/mol. The number of aliphatic hydroxyl groups is 2. The van der Waals surface area contributed by atoms with Crippen molar-refractivity contribution >= 4 is 17.9 Å². The second kappa shape index (κ2) is 18.7. The lowest BCUT2D eigenvalue weighted by molar-refractivity contribution is -0.252. The van der Waals surface area contributed by atoms with Crippen LogP contribution in [-0.4, -0.2) is 91.2 Å². The summed E-state index contributed by atoms with van der Waals surface area (Å²) in [5.74, 6) is 0.714. The van der Waals surface area contributed by atoms with Crippen molar-refractivity contribution in [3.05, 3.63) is 95.6 Å². The second-order valence-electron chi connectivity index (χ2n) is 17.1. The fraction of sp³-hybridized carbons (Fsp3) is 0.479. The van der Waals surface area contributed by atoms with E-state index in [-0.39, 0.29) is 56.7 Å². The third-order valence-corrected chi connectivity index (χ3v) is 12.0. The maximum Gasteiger partial charge on any atom is 0.254 e. The smallest absolute Gasteiger partial charge is 0.254 e. The molecule has 0 spiro atoms. The fourth-order valence-electron chi connectivity index (χ4n) is 9.36. The predicted octanol–water partition coefficient (Wildman–Crippen LogP) is 8.23. The first-order chi connectivity index (χ1) is 29.4. The highest BCUT2D eigenvalue weighted by Crippen LogP contribution is 2.62. The van der Waals surface area contributed by atoms with Crippen LogP contribution in [0.3, 0.4) is 0 Å². The summed E-state index contributed by atoms with van der Waals surface area (Å²) in [4.78, 5) is 34.5. The van der Waals surface area contributed by atoms with Gasteiger partial charge in [0.15, 0.2) is 17.8 Å². The minimum Gasteiger partial charge on any atom is -0.496 e. The molecule has 2 N–H and O–H groups in total. The molecule has 1 saturated carbocycles. The maximum atomic E-state index is 14.7. The van der Waals surface area contributed by atoms with Crippen LogP contribution in [0.1, 0.15) is 97.9 Å². The van der Waals surface area contributed by atoms with Crippen molar-refractivity contribution in [2.24, 2.45) is 22.9 Å². The summed E-state index contributed by atoms with van der Waals surface area (Å²) in [6, 6.07) is 15.3. The molecule has 6 unspecified atom stereocenters. The summed E-state index contributed by atoms with van der Waals surface area (Å²) in [7, 11) is 3.28. The van der Waals surface area contributed by atoms with Gasteiger partial charge in [-0.3, -0.25) is 9.59 Å². The number of rotatable bonds is 18. The quantitative estimate of drug-likeness (QED) is 0.0551. The number of carbonyl (C=O) groups excluding carboxylic acids is 2. The Morgan fingerprint density at radius 3 is 2.41 bits per heavy atom. The Morgan fingerprint density at radius 2 is 1.69 bits per heavy atom. The first-order valence-electron chi connectivity index (χ1n) is 21.2. The number of aldehydes is 1. The number of carbonyl (C=O) groups is 2. The van der Waals surface area contributed by atoms with Gasteiger partial charge in [-0.1, -0.05) is 30.1 Å². The molecule has 4 aliphatic rings. The number of hydrogen-bond donors (Lipinski definition) is 2. The molecule has 3 aromatic carbocycles. The highest BCUT2D eigenvalue weighted by atomic mass is 16.7. The van der Waals surface area contributed by atoms with Crippen molar-refractivity contribution < 1.29 is 53.1 Å². The van der Waals surface area contributed by atoms with Gasteiger partial charge in [-0.2, -0.15) is 0 Å². The van der Waals surface area contributed by atoms with Crippen LogP contribution in [0.15, 0.2) is 84.1 Å². The molecule has 3 aromatic rings. The Labute approximate surface area is 357 Å². The highest BCUT2D eigenvalue weighted by Gasteiger charge is 2.65. The molecule has 326 valence electrons. The zero-order valence-corrected chi connectivity index (χ0v) is 35.8. The van der Waals surface area contributed by atoms with Crippen LogP contribution in [-0.2, 0) is 9.57 Å². The Bertz CT molecular complexity index is 2140. The maximum absolute atomic E-state index is 14.7. The summed E-state index contributed by atoms with van der Waals surface area (Å²) >= 11 is 0. The van der Waals surface area contributed by atoms with Crippen LogP contribution in [0.4, 0.5) is 0 Å². The third kappa shape index (κ3) is 9.01. The predicted molar refractivity (Wildman–Crippen MR) is 229 cm³/mol. The molecule has 61 heavy (non-hydrogen) atoms. The van der Waals surface area contributed by atoms with Crippen LogP contribution in [0.2, 0.25) is 0 Å². The number of aliphatic hydroxyl groups excluding tert-OH is 2. The molecule has 13 nitrogen and oxygen atoms in total. The molecular weight excluding hydrogens is 781 g/mol. The van der Waals surface area contributed by atoms with Gasteiger partial charge in [-0.15, -0.1) is 6.58 Å². The first kappa shape index (κ1) is 43.7. The Balaban J connectivity index is 1.42. The summed E-state index contributed by atoms with van der Waals surface area (Å²) in [6.45, 7) is 10.2. The van der Waals surface area contributed by atoms with Crippen molar-refractivity contribution in [2.75, 3.05) is 40.8 Å². The van der Waals surface area contributed by atoms with Gasteiger partial charge in [0.1, 0.15) is 34.6 Å². The van der Waals surface area contributed by atoms with E-state index < -0.39 is 23.3 Å². The van der Waals surface area contributed by atoms with Gasteiger partial charge in [0, 0.05) is 43.7 Å². The van der Waals surface area contributed by atoms with E-state index in [1.54, 1.807) is 54.4 Å². The molecule has 0 saturated heterocycles. The van der Waals surface area contributed by atoms with E-state index in [2.05, 4.69) is 12.7 Å². The van der Waals surface area contributed by atoms with Crippen LogP contribution in [0.25, 0.3) is 0 Å². The molecule has 13 heteroatoms. The number of likely N-dealkylation sites (N-methyl/N-ethyl adjacent to an activating group) is 1. The minimum atomic E-state index is -1.43. The number of unbranched alkanes of at least 4 members (excludes halogenated alkanes) is 2. The van der Waals surface area contributed by atoms with Gasteiger partial charge in [0.05, 0.1) is 30.9 Å². The van der Waals surface area contributed by atoms with Crippen molar-refractivity contribution in [1.29, 1.82) is 0 Å². The minimum absolute atomic E-state index is 0.0182. The van der Waals surface area contributed by atoms with Gasteiger partial charge >= 0.3 is 0 Å². The van der Waals surface area contributed by atoms with Crippen LogP contribution in [0, 0.1) is 17.8 Å². The lowest BCUT2D eigenvalue weighted by Crippen LogP contribution is -2.69. The molecule has 0 bridgehead atoms. The van der Waals surface area contributed by atoms with E-state index in [1.165, 1.54) is 7.11 Å². The highest BCUT2D eigenvalue weighted by molar-refractivity contribution is 6.03. The van der Waals surface area contributed by atoms with E-state index in [1.807, 2.05) is 39.0 Å². The SMILES string of the molecule is C=CCOC12Oc3ccc(Oc4ccc(OC)c(C=O)c4)cc3C3C(CCCCO)C(CCCCO)C=C(C(=NOC(C)(C)C)CC1N(C)C(=O)c1ccc4c(c1)OCO4)C32. The molecule has 0 aromatic heterocycles. The number of methoxy groups -OCH3 is 1.